The molecule has 0 radical (unpaired) electrons. The van der Waals surface area contributed by atoms with Gasteiger partial charge in [0.25, 0.3) is 0 Å². The molecule has 1 heterocycles. The lowest BCUT2D eigenvalue weighted by atomic mass is 10.5. The van der Waals surface area contributed by atoms with Crippen molar-refractivity contribution in [3.8, 4) is 0 Å². The van der Waals surface area contributed by atoms with Crippen molar-refractivity contribution in [3.05, 3.63) is 29.8 Å². The molecule has 1 aromatic rings. The van der Waals surface area contributed by atoms with Crippen LogP contribution in [0.4, 0.5) is 0 Å². The highest BCUT2D eigenvalue weighted by Crippen LogP contribution is 2.01. The van der Waals surface area contributed by atoms with Gasteiger partial charge in [0.05, 0.1) is 0 Å². The summed E-state index contributed by atoms with van der Waals surface area (Å²) in [6.07, 6.45) is 3.14. The van der Waals surface area contributed by atoms with Crippen molar-refractivity contribution in [1.29, 1.82) is 0 Å². The monoisotopic (exact) mass is 140 g/mol. The molecule has 0 spiro atoms. The third-order valence-electron chi connectivity index (χ3n) is 0.823. The highest BCUT2D eigenvalue weighted by Gasteiger charge is 1.88. The molecule has 0 aliphatic heterocycles. The van der Waals surface area contributed by atoms with E-state index in [0.29, 0.717) is 11.0 Å². The van der Waals surface area contributed by atoms with Gasteiger partial charge in [0.15, 0.2) is 5.82 Å². The first-order valence-electron chi connectivity index (χ1n) is 2.44. The molecule has 3 heteroatoms. The molecule has 0 aliphatic rings. The van der Waals surface area contributed by atoms with Crippen LogP contribution in [0.1, 0.15) is 5.82 Å². The highest BCUT2D eigenvalue weighted by molar-refractivity contribution is 6.29. The minimum Gasteiger partial charge on any atom is -0.237 e. The van der Waals surface area contributed by atoms with E-state index in [4.69, 9.17) is 11.6 Å². The fourth-order valence-electron chi connectivity index (χ4n) is 0.449. The van der Waals surface area contributed by atoms with Crippen molar-refractivity contribution >= 4 is 17.7 Å². The van der Waals surface area contributed by atoms with E-state index in [-0.39, 0.29) is 0 Å². The van der Waals surface area contributed by atoms with Crippen LogP contribution < -0.4 is 0 Å². The van der Waals surface area contributed by atoms with Gasteiger partial charge < -0.3 is 0 Å². The second-order valence-electron chi connectivity index (χ2n) is 1.44. The van der Waals surface area contributed by atoms with Crippen molar-refractivity contribution in [2.75, 3.05) is 0 Å². The largest absolute Gasteiger partial charge is 0.237 e. The van der Waals surface area contributed by atoms with E-state index in [1.807, 2.05) is 0 Å². The quantitative estimate of drug-likeness (QED) is 0.556. The van der Waals surface area contributed by atoms with Crippen molar-refractivity contribution < 1.29 is 0 Å². The summed E-state index contributed by atoms with van der Waals surface area (Å²) in [6, 6.07) is 1.62. The van der Waals surface area contributed by atoms with Gasteiger partial charge in [-0.3, -0.25) is 0 Å². The third-order valence-corrected chi connectivity index (χ3v) is 1.03. The predicted molar refractivity (Wildman–Crippen MR) is 37.1 cm³/mol. The van der Waals surface area contributed by atoms with E-state index in [1.165, 1.54) is 0 Å². The molecule has 0 unspecified atom stereocenters. The number of halogens is 1. The molecular formula is C6H5ClN2. The van der Waals surface area contributed by atoms with Crippen LogP contribution in [-0.4, -0.2) is 9.97 Å². The lowest BCUT2D eigenvalue weighted by Gasteiger charge is -1.88. The maximum absolute atomic E-state index is 5.52. The average molecular weight is 141 g/mol. The Morgan fingerprint density at radius 2 is 2.44 bits per heavy atom. The fraction of sp³-hybridized carbons (Fsp3) is 0. The predicted octanol–water partition coefficient (Wildman–Crippen LogP) is 1.77. The first-order chi connectivity index (χ1) is 4.33. The van der Waals surface area contributed by atoms with E-state index in [9.17, 15) is 0 Å². The van der Waals surface area contributed by atoms with Gasteiger partial charge in [0, 0.05) is 6.20 Å². The lowest BCUT2D eigenvalue weighted by Crippen LogP contribution is -1.83. The van der Waals surface area contributed by atoms with Crippen LogP contribution in [0.5, 0.6) is 0 Å². The second-order valence-corrected chi connectivity index (χ2v) is 1.83. The van der Waals surface area contributed by atoms with E-state index < -0.39 is 0 Å². The van der Waals surface area contributed by atoms with Crippen molar-refractivity contribution in [3.63, 3.8) is 0 Å². The Balaban J connectivity index is 3.07. The number of hydrogen-bond donors (Lipinski definition) is 0. The van der Waals surface area contributed by atoms with Gasteiger partial charge in [0.2, 0.25) is 0 Å². The summed E-state index contributed by atoms with van der Waals surface area (Å²) < 4.78 is 0. The van der Waals surface area contributed by atoms with Gasteiger partial charge in [-0.15, -0.1) is 0 Å². The standard InChI is InChI=1S/C6H5ClN2/c1-2-6-8-4-3-5(7)9-6/h2-4H,1H2. The molecule has 0 saturated heterocycles. The SMILES string of the molecule is C=Cc1nccc(Cl)n1. The normalized spacial score (nSPS) is 9.00. The molecule has 1 rings (SSSR count). The van der Waals surface area contributed by atoms with E-state index in [2.05, 4.69) is 16.5 Å². The second kappa shape index (κ2) is 2.60. The maximum atomic E-state index is 5.52. The van der Waals surface area contributed by atoms with Crippen LogP contribution in [0, 0.1) is 0 Å². The molecule has 0 aliphatic carbocycles. The Bertz CT molecular complexity index is 222. The Labute approximate surface area is 58.2 Å². The van der Waals surface area contributed by atoms with Crippen LogP contribution in [0.2, 0.25) is 5.15 Å². The highest BCUT2D eigenvalue weighted by atomic mass is 35.5. The summed E-state index contributed by atoms with van der Waals surface area (Å²) in [6.45, 7) is 3.49. The molecule has 0 N–H and O–H groups in total. The zero-order valence-electron chi connectivity index (χ0n) is 4.71. The molecule has 9 heavy (non-hydrogen) atoms. The Morgan fingerprint density at radius 1 is 1.67 bits per heavy atom. The number of nitrogens with zero attached hydrogens (tertiary/aromatic N) is 2. The molecule has 0 saturated carbocycles. The summed E-state index contributed by atoms with van der Waals surface area (Å²) in [5.41, 5.74) is 0. The summed E-state index contributed by atoms with van der Waals surface area (Å²) in [5, 5.41) is 0.444. The molecule has 0 bridgehead atoms. The van der Waals surface area contributed by atoms with Gasteiger partial charge in [-0.25, -0.2) is 9.97 Å². The molecule has 0 fully saturated rings. The van der Waals surface area contributed by atoms with Gasteiger partial charge in [0.1, 0.15) is 5.15 Å². The fourth-order valence-corrected chi connectivity index (χ4v) is 0.592. The minimum absolute atomic E-state index is 0.444. The van der Waals surface area contributed by atoms with Gasteiger partial charge in [-0.1, -0.05) is 18.2 Å². The molecule has 0 amide bonds. The summed E-state index contributed by atoms with van der Waals surface area (Å²) in [5.74, 6) is 0.558. The molecular weight excluding hydrogens is 136 g/mol. The summed E-state index contributed by atoms with van der Waals surface area (Å²) in [7, 11) is 0. The summed E-state index contributed by atoms with van der Waals surface area (Å²) >= 11 is 5.52. The topological polar surface area (TPSA) is 25.8 Å². The first-order valence-corrected chi connectivity index (χ1v) is 2.81. The average Bonchev–Trinajstić information content (AvgIpc) is 1.88. The number of aromatic nitrogens is 2. The van der Waals surface area contributed by atoms with Gasteiger partial charge in [-0.2, -0.15) is 0 Å². The molecule has 0 aromatic carbocycles. The van der Waals surface area contributed by atoms with Crippen molar-refractivity contribution in [1.82, 2.24) is 9.97 Å². The molecule has 2 nitrogen and oxygen atoms in total. The molecule has 46 valence electrons. The molecule has 1 aromatic heterocycles. The van der Waals surface area contributed by atoms with Crippen LogP contribution in [-0.2, 0) is 0 Å². The first kappa shape index (κ1) is 6.23. The van der Waals surface area contributed by atoms with Gasteiger partial charge in [-0.05, 0) is 12.1 Å². The number of hydrogen-bond acceptors (Lipinski definition) is 2. The Morgan fingerprint density at radius 3 is 2.89 bits per heavy atom. The van der Waals surface area contributed by atoms with Crippen LogP contribution in [0.15, 0.2) is 18.8 Å². The molecule has 0 atom stereocenters. The number of rotatable bonds is 1. The van der Waals surface area contributed by atoms with Crippen LogP contribution in [0.3, 0.4) is 0 Å². The van der Waals surface area contributed by atoms with Crippen LogP contribution >= 0.6 is 11.6 Å². The Hall–Kier alpha value is -0.890. The lowest BCUT2D eigenvalue weighted by molar-refractivity contribution is 1.14. The van der Waals surface area contributed by atoms with E-state index >= 15 is 0 Å². The van der Waals surface area contributed by atoms with Crippen LogP contribution in [0.25, 0.3) is 6.08 Å². The third kappa shape index (κ3) is 1.50. The van der Waals surface area contributed by atoms with E-state index in [1.54, 1.807) is 18.3 Å². The van der Waals surface area contributed by atoms with Crippen molar-refractivity contribution in [2.24, 2.45) is 0 Å². The van der Waals surface area contributed by atoms with Gasteiger partial charge >= 0.3 is 0 Å². The van der Waals surface area contributed by atoms with E-state index in [0.717, 1.165) is 0 Å². The smallest absolute Gasteiger partial charge is 0.152 e. The minimum atomic E-state index is 0.444. The maximum Gasteiger partial charge on any atom is 0.152 e. The Kier molecular flexibility index (Phi) is 1.80. The zero-order valence-corrected chi connectivity index (χ0v) is 5.47. The summed E-state index contributed by atoms with van der Waals surface area (Å²) in [4.78, 5) is 7.67. The zero-order chi connectivity index (χ0) is 6.69. The van der Waals surface area contributed by atoms with Crippen molar-refractivity contribution in [2.45, 2.75) is 0 Å².